The van der Waals surface area contributed by atoms with Gasteiger partial charge in [-0.15, -0.1) is 0 Å². The zero-order valence-corrected chi connectivity index (χ0v) is 9.51. The number of aromatic hydroxyl groups is 1. The molecule has 0 atom stereocenters. The van der Waals surface area contributed by atoms with E-state index < -0.39 is 0 Å². The fourth-order valence-electron chi connectivity index (χ4n) is 2.17. The van der Waals surface area contributed by atoms with Gasteiger partial charge in [0.05, 0.1) is 11.6 Å². The van der Waals surface area contributed by atoms with E-state index in [2.05, 4.69) is 4.98 Å². The van der Waals surface area contributed by atoms with E-state index in [4.69, 9.17) is 16.3 Å². The maximum absolute atomic E-state index is 9.77. The molecular formula is C12H10ClNO2. The van der Waals surface area contributed by atoms with Crippen LogP contribution in [0.3, 0.4) is 0 Å². The van der Waals surface area contributed by atoms with Crippen molar-refractivity contribution < 1.29 is 9.84 Å². The Morgan fingerprint density at radius 2 is 2.25 bits per heavy atom. The maximum atomic E-state index is 9.77. The molecule has 1 N–H and O–H groups in total. The van der Waals surface area contributed by atoms with Gasteiger partial charge in [-0.05, 0) is 24.6 Å². The van der Waals surface area contributed by atoms with Crippen LogP contribution < -0.4 is 4.74 Å². The van der Waals surface area contributed by atoms with Crippen molar-refractivity contribution in [1.29, 1.82) is 0 Å². The molecule has 82 valence electrons. The van der Waals surface area contributed by atoms with Crippen LogP contribution in [0.15, 0.2) is 12.1 Å². The molecule has 1 aromatic carbocycles. The lowest BCUT2D eigenvalue weighted by Gasteiger charge is -2.09. The SMILES string of the molecule is Cc1c2c(nc3c(O)ccc(Cl)c13)OCC2. The Morgan fingerprint density at radius 1 is 1.44 bits per heavy atom. The fourth-order valence-corrected chi connectivity index (χ4v) is 2.46. The van der Waals surface area contributed by atoms with Crippen molar-refractivity contribution in [3.8, 4) is 11.6 Å². The standard InChI is InChI=1S/C12H10ClNO2/c1-6-7-4-5-16-12(7)14-11-9(15)3-2-8(13)10(6)11/h2-3,15H,4-5H2,1H3. The number of fused-ring (bicyclic) bond motifs is 2. The molecule has 0 spiro atoms. The largest absolute Gasteiger partial charge is 0.506 e. The second-order valence-electron chi connectivity index (χ2n) is 3.91. The predicted octanol–water partition coefficient (Wildman–Crippen LogP) is 2.84. The molecule has 0 saturated heterocycles. The first-order valence-corrected chi connectivity index (χ1v) is 5.49. The number of aromatic nitrogens is 1. The summed E-state index contributed by atoms with van der Waals surface area (Å²) in [6.07, 6.45) is 0.857. The first kappa shape index (κ1) is 9.73. The van der Waals surface area contributed by atoms with E-state index in [0.29, 0.717) is 23.0 Å². The average Bonchev–Trinajstić information content (AvgIpc) is 2.72. The lowest BCUT2D eigenvalue weighted by molar-refractivity contribution is 0.345. The minimum absolute atomic E-state index is 0.140. The van der Waals surface area contributed by atoms with E-state index in [0.717, 1.165) is 22.9 Å². The van der Waals surface area contributed by atoms with Gasteiger partial charge in [0.2, 0.25) is 5.88 Å². The van der Waals surface area contributed by atoms with E-state index in [-0.39, 0.29) is 5.75 Å². The zero-order valence-electron chi connectivity index (χ0n) is 8.75. The Hall–Kier alpha value is -1.48. The number of phenolic OH excluding ortho intramolecular Hbond substituents is 1. The number of rotatable bonds is 0. The second kappa shape index (κ2) is 3.25. The zero-order chi connectivity index (χ0) is 11.3. The highest BCUT2D eigenvalue weighted by Crippen LogP contribution is 2.38. The highest BCUT2D eigenvalue weighted by Gasteiger charge is 2.21. The number of benzene rings is 1. The number of hydrogen-bond acceptors (Lipinski definition) is 3. The van der Waals surface area contributed by atoms with Crippen molar-refractivity contribution in [3.63, 3.8) is 0 Å². The van der Waals surface area contributed by atoms with Gasteiger partial charge < -0.3 is 9.84 Å². The Balaban J connectivity index is 2.50. The first-order chi connectivity index (χ1) is 7.68. The summed E-state index contributed by atoms with van der Waals surface area (Å²) in [5, 5.41) is 11.2. The van der Waals surface area contributed by atoms with E-state index in [1.165, 1.54) is 0 Å². The van der Waals surface area contributed by atoms with Gasteiger partial charge in [0, 0.05) is 17.4 Å². The normalized spacial score (nSPS) is 13.9. The van der Waals surface area contributed by atoms with Crippen LogP contribution in [-0.2, 0) is 6.42 Å². The molecule has 2 heterocycles. The van der Waals surface area contributed by atoms with Crippen LogP contribution in [0, 0.1) is 6.92 Å². The summed E-state index contributed by atoms with van der Waals surface area (Å²) in [6, 6.07) is 3.24. The van der Waals surface area contributed by atoms with Gasteiger partial charge in [-0.1, -0.05) is 11.6 Å². The Kier molecular flexibility index (Phi) is 1.98. The Labute approximate surface area is 97.6 Å². The van der Waals surface area contributed by atoms with Crippen LogP contribution in [0.1, 0.15) is 11.1 Å². The minimum Gasteiger partial charge on any atom is -0.506 e. The average molecular weight is 236 g/mol. The van der Waals surface area contributed by atoms with Gasteiger partial charge in [0.15, 0.2) is 0 Å². The van der Waals surface area contributed by atoms with Crippen LogP contribution in [-0.4, -0.2) is 16.7 Å². The van der Waals surface area contributed by atoms with Crippen molar-refractivity contribution in [2.24, 2.45) is 0 Å². The minimum atomic E-state index is 0.140. The number of aryl methyl sites for hydroxylation is 1. The Bertz CT molecular complexity index is 595. The molecule has 3 nitrogen and oxygen atoms in total. The van der Waals surface area contributed by atoms with Gasteiger partial charge in [-0.25, -0.2) is 4.98 Å². The van der Waals surface area contributed by atoms with Crippen LogP contribution in [0.25, 0.3) is 10.9 Å². The van der Waals surface area contributed by atoms with Crippen LogP contribution in [0.5, 0.6) is 11.6 Å². The van der Waals surface area contributed by atoms with Gasteiger partial charge in [0.1, 0.15) is 11.3 Å². The second-order valence-corrected chi connectivity index (χ2v) is 4.32. The van der Waals surface area contributed by atoms with Crippen molar-refractivity contribution in [2.75, 3.05) is 6.61 Å². The van der Waals surface area contributed by atoms with Gasteiger partial charge >= 0.3 is 0 Å². The summed E-state index contributed by atoms with van der Waals surface area (Å²) < 4.78 is 5.42. The highest BCUT2D eigenvalue weighted by atomic mass is 35.5. The van der Waals surface area contributed by atoms with Crippen molar-refractivity contribution in [3.05, 3.63) is 28.3 Å². The highest BCUT2D eigenvalue weighted by molar-refractivity contribution is 6.36. The third kappa shape index (κ3) is 1.18. The van der Waals surface area contributed by atoms with Gasteiger partial charge in [-0.3, -0.25) is 0 Å². The molecule has 1 aromatic heterocycles. The molecule has 1 aliphatic rings. The summed E-state index contributed by atoms with van der Waals surface area (Å²) in [5.74, 6) is 0.767. The molecule has 0 aliphatic carbocycles. The number of phenols is 1. The van der Waals surface area contributed by atoms with Gasteiger partial charge in [-0.2, -0.15) is 0 Å². The van der Waals surface area contributed by atoms with Crippen LogP contribution >= 0.6 is 11.6 Å². The topological polar surface area (TPSA) is 42.4 Å². The fraction of sp³-hybridized carbons (Fsp3) is 0.250. The molecule has 1 aliphatic heterocycles. The Morgan fingerprint density at radius 3 is 3.06 bits per heavy atom. The van der Waals surface area contributed by atoms with Crippen molar-refractivity contribution in [1.82, 2.24) is 4.98 Å². The van der Waals surface area contributed by atoms with Crippen molar-refractivity contribution in [2.45, 2.75) is 13.3 Å². The van der Waals surface area contributed by atoms with Gasteiger partial charge in [0.25, 0.3) is 0 Å². The summed E-state index contributed by atoms with van der Waals surface area (Å²) in [5.41, 5.74) is 2.67. The van der Waals surface area contributed by atoms with E-state index in [9.17, 15) is 5.11 Å². The molecular weight excluding hydrogens is 226 g/mol. The molecule has 3 rings (SSSR count). The number of nitrogens with zero attached hydrogens (tertiary/aromatic N) is 1. The molecule has 0 radical (unpaired) electrons. The predicted molar refractivity (Wildman–Crippen MR) is 62.4 cm³/mol. The van der Waals surface area contributed by atoms with Crippen LogP contribution in [0.2, 0.25) is 5.02 Å². The lowest BCUT2D eigenvalue weighted by atomic mass is 10.0. The van der Waals surface area contributed by atoms with Crippen molar-refractivity contribution >= 4 is 22.5 Å². The number of ether oxygens (including phenoxy) is 1. The molecule has 2 aromatic rings. The van der Waals surface area contributed by atoms with E-state index in [1.54, 1.807) is 12.1 Å². The number of hydrogen-bond donors (Lipinski definition) is 1. The summed E-state index contributed by atoms with van der Waals surface area (Å²) in [6.45, 7) is 2.64. The first-order valence-electron chi connectivity index (χ1n) is 5.12. The third-order valence-electron chi connectivity index (χ3n) is 3.00. The molecule has 4 heteroatoms. The molecule has 0 bridgehead atoms. The molecule has 0 unspecified atom stereocenters. The maximum Gasteiger partial charge on any atom is 0.217 e. The molecule has 0 amide bonds. The summed E-state index contributed by atoms with van der Waals surface area (Å²) in [4.78, 5) is 4.32. The van der Waals surface area contributed by atoms with E-state index in [1.807, 2.05) is 6.92 Å². The number of pyridine rings is 1. The number of halogens is 1. The quantitative estimate of drug-likeness (QED) is 0.764. The molecule has 16 heavy (non-hydrogen) atoms. The lowest BCUT2D eigenvalue weighted by Crippen LogP contribution is -1.92. The summed E-state index contributed by atoms with van der Waals surface area (Å²) >= 11 is 6.14. The smallest absolute Gasteiger partial charge is 0.217 e. The molecule has 0 fully saturated rings. The summed E-state index contributed by atoms with van der Waals surface area (Å²) in [7, 11) is 0. The van der Waals surface area contributed by atoms with E-state index >= 15 is 0 Å². The van der Waals surface area contributed by atoms with Crippen LogP contribution in [0.4, 0.5) is 0 Å². The molecule has 0 saturated carbocycles. The third-order valence-corrected chi connectivity index (χ3v) is 3.31. The monoisotopic (exact) mass is 235 g/mol.